The van der Waals surface area contributed by atoms with Gasteiger partial charge in [0.05, 0.1) is 6.04 Å². The first-order valence-corrected chi connectivity index (χ1v) is 10.5. The van der Waals surface area contributed by atoms with Crippen molar-refractivity contribution >= 4 is 28.5 Å². The zero-order chi connectivity index (χ0) is 22.6. The van der Waals surface area contributed by atoms with Crippen LogP contribution in [0.3, 0.4) is 0 Å². The average molecular weight is 458 g/mol. The Labute approximate surface area is 187 Å². The molecule has 0 aliphatic carbocycles. The third-order valence-corrected chi connectivity index (χ3v) is 5.96. The average Bonchev–Trinajstić information content (AvgIpc) is 3.10. The zero-order valence-corrected chi connectivity index (χ0v) is 18.1. The van der Waals surface area contributed by atoms with Crippen LogP contribution in [0.2, 0.25) is 5.02 Å². The molecule has 0 spiro atoms. The van der Waals surface area contributed by atoms with E-state index in [1.807, 2.05) is 54.3 Å². The summed E-state index contributed by atoms with van der Waals surface area (Å²) >= 11 is 6.23. The first-order chi connectivity index (χ1) is 15.2. The molecule has 1 aliphatic heterocycles. The molecule has 0 amide bonds. The molecule has 5 nitrogen and oxygen atoms in total. The molecule has 0 unspecified atom stereocenters. The number of aromatic nitrogens is 4. The minimum atomic E-state index is -4.65. The third kappa shape index (κ3) is 3.58. The number of fused-ring (bicyclic) bond motifs is 3. The molecule has 2 aromatic heterocycles. The summed E-state index contributed by atoms with van der Waals surface area (Å²) in [6.45, 7) is 3.89. The van der Waals surface area contributed by atoms with Gasteiger partial charge in [-0.3, -0.25) is 0 Å². The van der Waals surface area contributed by atoms with Crippen LogP contribution in [-0.2, 0) is 12.6 Å². The molecule has 0 bridgehead atoms. The van der Waals surface area contributed by atoms with Gasteiger partial charge >= 0.3 is 6.18 Å². The number of alkyl halides is 3. The van der Waals surface area contributed by atoms with Crippen LogP contribution in [0.15, 0.2) is 42.5 Å². The number of anilines is 1. The fraction of sp³-hybridized carbons (Fsp3) is 0.261. The van der Waals surface area contributed by atoms with Gasteiger partial charge in [0.25, 0.3) is 0 Å². The van der Waals surface area contributed by atoms with Crippen LogP contribution in [0.1, 0.15) is 40.1 Å². The fourth-order valence-electron chi connectivity index (χ4n) is 4.29. The number of rotatable bonds is 2. The van der Waals surface area contributed by atoms with E-state index in [1.165, 1.54) is 6.92 Å². The largest absolute Gasteiger partial charge is 0.451 e. The monoisotopic (exact) mass is 457 g/mol. The van der Waals surface area contributed by atoms with Gasteiger partial charge in [-0.25, -0.2) is 4.98 Å². The number of nitrogens with one attached hydrogen (secondary N) is 1. The fourth-order valence-corrected chi connectivity index (χ4v) is 4.47. The molecular formula is C23H19ClF3N5. The van der Waals surface area contributed by atoms with Crippen molar-refractivity contribution in [1.82, 2.24) is 19.9 Å². The number of H-pyrrole nitrogens is 1. The van der Waals surface area contributed by atoms with Crippen molar-refractivity contribution in [1.29, 1.82) is 0 Å². The number of nitrogens with zero attached hydrogens (tertiary/aromatic N) is 4. The lowest BCUT2D eigenvalue weighted by molar-refractivity contribution is -0.145. The van der Waals surface area contributed by atoms with Crippen molar-refractivity contribution in [2.75, 3.05) is 11.4 Å². The highest BCUT2D eigenvalue weighted by atomic mass is 35.5. The molecule has 9 heteroatoms. The lowest BCUT2D eigenvalue weighted by Crippen LogP contribution is -2.38. The van der Waals surface area contributed by atoms with Crippen molar-refractivity contribution in [3.63, 3.8) is 0 Å². The number of aryl methyl sites for hydroxylation is 2. The molecule has 2 aromatic carbocycles. The summed E-state index contributed by atoms with van der Waals surface area (Å²) in [7, 11) is 0. The normalized spacial score (nSPS) is 16.4. The van der Waals surface area contributed by atoms with Crippen molar-refractivity contribution in [2.24, 2.45) is 0 Å². The maximum Gasteiger partial charge on any atom is 0.451 e. The molecule has 1 atom stereocenters. The zero-order valence-electron chi connectivity index (χ0n) is 17.3. The maximum atomic E-state index is 13.4. The Morgan fingerprint density at radius 2 is 1.78 bits per heavy atom. The van der Waals surface area contributed by atoms with Crippen molar-refractivity contribution in [3.8, 4) is 0 Å². The van der Waals surface area contributed by atoms with E-state index in [9.17, 15) is 13.2 Å². The molecule has 5 rings (SSSR count). The number of hydrogen-bond donors (Lipinski definition) is 1. The Morgan fingerprint density at radius 3 is 2.50 bits per heavy atom. The number of aromatic amines is 1. The predicted octanol–water partition coefficient (Wildman–Crippen LogP) is 5.79. The van der Waals surface area contributed by atoms with Gasteiger partial charge in [0, 0.05) is 28.2 Å². The molecular weight excluding hydrogens is 439 g/mol. The van der Waals surface area contributed by atoms with Gasteiger partial charge < -0.3 is 9.88 Å². The molecule has 0 saturated carbocycles. The van der Waals surface area contributed by atoms with Crippen molar-refractivity contribution in [2.45, 2.75) is 32.5 Å². The molecule has 1 N–H and O–H groups in total. The molecule has 0 fully saturated rings. The summed E-state index contributed by atoms with van der Waals surface area (Å²) < 4.78 is 40.2. The summed E-state index contributed by atoms with van der Waals surface area (Å²) in [5.41, 5.74) is 4.97. The minimum Gasteiger partial charge on any atom is -0.356 e. The summed E-state index contributed by atoms with van der Waals surface area (Å²) in [5.74, 6) is -1.14. The lowest BCUT2D eigenvalue weighted by atomic mass is 9.92. The SMILES string of the molecule is Cc1ccc([C@H]2c3[nH]c4ccc(Cl)cc4c3CCN2c2nc(C)nc(C(F)(F)F)n2)cc1. The van der Waals surface area contributed by atoms with Gasteiger partial charge in [-0.1, -0.05) is 41.4 Å². The Morgan fingerprint density at radius 1 is 1.03 bits per heavy atom. The third-order valence-electron chi connectivity index (χ3n) is 5.73. The Hall–Kier alpha value is -3.13. The first-order valence-electron chi connectivity index (χ1n) is 10.1. The summed E-state index contributed by atoms with van der Waals surface area (Å²) in [4.78, 5) is 16.9. The highest BCUT2D eigenvalue weighted by molar-refractivity contribution is 6.31. The predicted molar refractivity (Wildman–Crippen MR) is 117 cm³/mol. The molecule has 32 heavy (non-hydrogen) atoms. The maximum absolute atomic E-state index is 13.4. The lowest BCUT2D eigenvalue weighted by Gasteiger charge is -2.36. The van der Waals surface area contributed by atoms with Crippen molar-refractivity contribution in [3.05, 3.63) is 81.5 Å². The number of benzene rings is 2. The van der Waals surface area contributed by atoms with Crippen molar-refractivity contribution < 1.29 is 13.2 Å². The summed E-state index contributed by atoms with van der Waals surface area (Å²) in [6, 6.07) is 13.2. The van der Waals surface area contributed by atoms with Crippen LogP contribution < -0.4 is 4.90 Å². The van der Waals surface area contributed by atoms with E-state index < -0.39 is 12.0 Å². The molecule has 3 heterocycles. The van der Waals surface area contributed by atoms with Gasteiger partial charge in [-0.05, 0) is 49.6 Å². The molecule has 0 saturated heterocycles. The van der Waals surface area contributed by atoms with E-state index in [0.717, 1.165) is 33.3 Å². The van der Waals surface area contributed by atoms with E-state index in [-0.39, 0.29) is 17.8 Å². The van der Waals surface area contributed by atoms with Gasteiger partial charge in [0.2, 0.25) is 11.8 Å². The highest BCUT2D eigenvalue weighted by Gasteiger charge is 2.38. The van der Waals surface area contributed by atoms with E-state index in [0.29, 0.717) is 18.0 Å². The molecule has 164 valence electrons. The highest BCUT2D eigenvalue weighted by Crippen LogP contribution is 2.41. The molecule has 0 radical (unpaired) electrons. The van der Waals surface area contributed by atoms with E-state index in [2.05, 4.69) is 19.9 Å². The van der Waals surface area contributed by atoms with Gasteiger partial charge in [0.15, 0.2) is 0 Å². The Kier molecular flexibility index (Phi) is 4.85. The smallest absolute Gasteiger partial charge is 0.356 e. The standard InChI is InChI=1S/C23H19ClF3N5/c1-12-3-5-14(6-4-12)20-19-16(17-11-15(24)7-8-18(17)30-19)9-10-32(20)22-29-13(2)28-21(31-22)23(25,26)27/h3-8,11,20,30H,9-10H2,1-2H3/t20-/m0/s1. The van der Waals surface area contributed by atoms with Crippen LogP contribution >= 0.6 is 11.6 Å². The van der Waals surface area contributed by atoms with Crippen LogP contribution in [0.5, 0.6) is 0 Å². The van der Waals surface area contributed by atoms with E-state index >= 15 is 0 Å². The first kappa shape index (κ1) is 20.8. The Bertz CT molecular complexity index is 1310. The van der Waals surface area contributed by atoms with E-state index in [4.69, 9.17) is 11.6 Å². The number of halogens is 4. The second-order valence-electron chi connectivity index (χ2n) is 7.97. The van der Waals surface area contributed by atoms with Gasteiger partial charge in [0.1, 0.15) is 5.82 Å². The minimum absolute atomic E-state index is 0.0118. The second kappa shape index (κ2) is 7.48. The van der Waals surface area contributed by atoms with Crippen LogP contribution in [-0.4, -0.2) is 26.5 Å². The summed E-state index contributed by atoms with van der Waals surface area (Å²) in [5, 5.41) is 1.66. The quantitative estimate of drug-likeness (QED) is 0.413. The Balaban J connectivity index is 1.71. The van der Waals surface area contributed by atoms with Crippen LogP contribution in [0.4, 0.5) is 19.1 Å². The van der Waals surface area contributed by atoms with Gasteiger partial charge in [-0.15, -0.1) is 0 Å². The van der Waals surface area contributed by atoms with Crippen LogP contribution in [0.25, 0.3) is 10.9 Å². The van der Waals surface area contributed by atoms with E-state index in [1.54, 1.807) is 0 Å². The summed E-state index contributed by atoms with van der Waals surface area (Å²) in [6.07, 6.45) is -4.04. The van der Waals surface area contributed by atoms with Gasteiger partial charge in [-0.2, -0.15) is 23.1 Å². The molecule has 1 aliphatic rings. The topological polar surface area (TPSA) is 57.7 Å². The van der Waals surface area contributed by atoms with Crippen LogP contribution in [0, 0.1) is 13.8 Å². The second-order valence-corrected chi connectivity index (χ2v) is 8.40. The number of hydrogen-bond acceptors (Lipinski definition) is 4. The molecule has 4 aromatic rings.